The Bertz CT molecular complexity index is 1270. The van der Waals surface area contributed by atoms with Crippen LogP contribution in [-0.4, -0.2) is 56.9 Å². The van der Waals surface area contributed by atoms with Crippen LogP contribution in [0.3, 0.4) is 0 Å². The number of nitrogens with zero attached hydrogens (tertiary/aromatic N) is 4. The Kier molecular flexibility index (Phi) is 6.13. The van der Waals surface area contributed by atoms with E-state index in [1.54, 1.807) is 24.5 Å². The third kappa shape index (κ3) is 4.36. The highest BCUT2D eigenvalue weighted by Gasteiger charge is 2.19. The third-order valence-electron chi connectivity index (χ3n) is 5.42. The number of aliphatic hydroxyl groups excluding tert-OH is 1. The average molecular weight is 443 g/mol. The van der Waals surface area contributed by atoms with Crippen molar-refractivity contribution in [3.8, 4) is 17.2 Å². The molecule has 0 bridgehead atoms. The summed E-state index contributed by atoms with van der Waals surface area (Å²) in [6.45, 7) is 2.85. The van der Waals surface area contributed by atoms with Gasteiger partial charge in [0.15, 0.2) is 5.76 Å². The Morgan fingerprint density at radius 2 is 2.13 bits per heavy atom. The first kappa shape index (κ1) is 21.2. The zero-order valence-corrected chi connectivity index (χ0v) is 17.5. The van der Waals surface area contributed by atoms with Crippen molar-refractivity contribution in [1.29, 1.82) is 0 Å². The lowest BCUT2D eigenvalue weighted by Gasteiger charge is -2.15. The summed E-state index contributed by atoms with van der Waals surface area (Å²) in [5, 5.41) is 23.7. The number of aliphatic hydroxyl groups is 1. The first-order valence-electron chi connectivity index (χ1n) is 9.92. The molecule has 0 spiro atoms. The van der Waals surface area contributed by atoms with Crippen LogP contribution in [-0.2, 0) is 0 Å². The monoisotopic (exact) mass is 442 g/mol. The maximum Gasteiger partial charge on any atom is 0.155 e. The van der Waals surface area contributed by atoms with Gasteiger partial charge in [0.2, 0.25) is 0 Å². The SMILES string of the molecule is Cl.O/N=c1/cc(-c2cc3cccn3cn2)oc2ccc(OCCN3CCC(O)C3)cc12. The van der Waals surface area contributed by atoms with E-state index in [1.165, 1.54) is 0 Å². The summed E-state index contributed by atoms with van der Waals surface area (Å²) in [5.74, 6) is 1.18. The van der Waals surface area contributed by atoms with Crippen molar-refractivity contribution in [3.05, 3.63) is 60.3 Å². The van der Waals surface area contributed by atoms with Crippen molar-refractivity contribution >= 4 is 28.9 Å². The predicted molar refractivity (Wildman–Crippen MR) is 118 cm³/mol. The molecule has 1 saturated heterocycles. The second kappa shape index (κ2) is 8.97. The summed E-state index contributed by atoms with van der Waals surface area (Å²) in [6, 6.07) is 13.0. The number of fused-ring (bicyclic) bond motifs is 2. The molecule has 1 atom stereocenters. The van der Waals surface area contributed by atoms with Gasteiger partial charge in [0.25, 0.3) is 0 Å². The van der Waals surface area contributed by atoms with Crippen LogP contribution in [0.5, 0.6) is 5.75 Å². The average Bonchev–Trinajstić information content (AvgIpc) is 3.41. The minimum Gasteiger partial charge on any atom is -0.492 e. The van der Waals surface area contributed by atoms with Gasteiger partial charge in [-0.2, -0.15) is 0 Å². The molecule has 0 amide bonds. The summed E-state index contributed by atoms with van der Waals surface area (Å²) >= 11 is 0. The van der Waals surface area contributed by atoms with Crippen LogP contribution in [0.15, 0.2) is 64.6 Å². The van der Waals surface area contributed by atoms with Gasteiger partial charge in [0, 0.05) is 37.4 Å². The topological polar surface area (TPSA) is 95.7 Å². The van der Waals surface area contributed by atoms with Crippen LogP contribution in [0.4, 0.5) is 0 Å². The van der Waals surface area contributed by atoms with E-state index in [1.807, 2.05) is 34.9 Å². The van der Waals surface area contributed by atoms with Gasteiger partial charge in [0.05, 0.1) is 17.8 Å². The number of hydrogen-bond acceptors (Lipinski definition) is 7. The highest BCUT2D eigenvalue weighted by Crippen LogP contribution is 2.24. The summed E-state index contributed by atoms with van der Waals surface area (Å²) in [5.41, 5.74) is 2.22. The molecule has 1 unspecified atom stereocenters. The van der Waals surface area contributed by atoms with Crippen LogP contribution < -0.4 is 10.1 Å². The number of benzene rings is 1. The molecule has 9 heteroatoms. The van der Waals surface area contributed by atoms with Gasteiger partial charge < -0.3 is 23.9 Å². The fourth-order valence-electron chi connectivity index (χ4n) is 3.83. The van der Waals surface area contributed by atoms with E-state index in [4.69, 9.17) is 9.15 Å². The molecule has 0 radical (unpaired) electrons. The summed E-state index contributed by atoms with van der Waals surface area (Å²) in [6.07, 6.45) is 4.22. The lowest BCUT2D eigenvalue weighted by Crippen LogP contribution is -2.27. The summed E-state index contributed by atoms with van der Waals surface area (Å²) in [4.78, 5) is 6.61. The van der Waals surface area contributed by atoms with E-state index in [-0.39, 0.29) is 18.5 Å². The maximum atomic E-state index is 9.61. The molecule has 162 valence electrons. The number of β-amino-alcohol motifs (C(OH)–C–C–N with tert-alkyl or cyclic N) is 1. The second-order valence-corrected chi connectivity index (χ2v) is 7.46. The van der Waals surface area contributed by atoms with Crippen LogP contribution in [0.2, 0.25) is 0 Å². The molecule has 1 aliphatic heterocycles. The molecular formula is C22H23ClN4O4. The van der Waals surface area contributed by atoms with Crippen molar-refractivity contribution in [2.45, 2.75) is 12.5 Å². The molecule has 0 aliphatic carbocycles. The molecule has 0 saturated carbocycles. The fourth-order valence-corrected chi connectivity index (χ4v) is 3.83. The van der Waals surface area contributed by atoms with Gasteiger partial charge >= 0.3 is 0 Å². The first-order valence-corrected chi connectivity index (χ1v) is 9.92. The smallest absolute Gasteiger partial charge is 0.155 e. The normalized spacial score (nSPS) is 17.3. The molecule has 1 fully saturated rings. The Labute approximate surface area is 184 Å². The Morgan fingerprint density at radius 3 is 2.94 bits per heavy atom. The number of halogens is 1. The van der Waals surface area contributed by atoms with E-state index >= 15 is 0 Å². The molecule has 31 heavy (non-hydrogen) atoms. The van der Waals surface area contributed by atoms with Gasteiger partial charge in [-0.05, 0) is 42.8 Å². The largest absolute Gasteiger partial charge is 0.492 e. The number of aromatic nitrogens is 2. The summed E-state index contributed by atoms with van der Waals surface area (Å²) < 4.78 is 13.8. The van der Waals surface area contributed by atoms with Gasteiger partial charge in [-0.1, -0.05) is 5.16 Å². The number of hydrogen-bond donors (Lipinski definition) is 2. The minimum absolute atomic E-state index is 0. The molecular weight excluding hydrogens is 420 g/mol. The van der Waals surface area contributed by atoms with E-state index in [9.17, 15) is 10.3 Å². The Morgan fingerprint density at radius 1 is 1.23 bits per heavy atom. The zero-order valence-electron chi connectivity index (χ0n) is 16.7. The summed E-state index contributed by atoms with van der Waals surface area (Å²) in [7, 11) is 0. The van der Waals surface area contributed by atoms with Crippen LogP contribution in [0.25, 0.3) is 27.9 Å². The van der Waals surface area contributed by atoms with Crippen molar-refractivity contribution in [1.82, 2.24) is 14.3 Å². The van der Waals surface area contributed by atoms with Gasteiger partial charge in [-0.25, -0.2) is 4.98 Å². The van der Waals surface area contributed by atoms with Gasteiger partial charge in [-0.15, -0.1) is 12.4 Å². The predicted octanol–water partition coefficient (Wildman–Crippen LogP) is 2.90. The van der Waals surface area contributed by atoms with Crippen molar-refractivity contribution < 1.29 is 19.5 Å². The molecule has 8 nitrogen and oxygen atoms in total. The maximum absolute atomic E-state index is 9.61. The molecule has 4 aromatic rings. The first-order chi connectivity index (χ1) is 14.7. The van der Waals surface area contributed by atoms with E-state index < -0.39 is 0 Å². The minimum atomic E-state index is -0.233. The Hall–Kier alpha value is -3.07. The van der Waals surface area contributed by atoms with E-state index in [2.05, 4.69) is 15.0 Å². The number of ether oxygens (including phenoxy) is 1. The van der Waals surface area contributed by atoms with Crippen molar-refractivity contribution in [2.75, 3.05) is 26.2 Å². The Balaban J connectivity index is 0.00000231. The number of likely N-dealkylation sites (tertiary alicyclic amines) is 1. The molecule has 5 rings (SSSR count). The second-order valence-electron chi connectivity index (χ2n) is 7.46. The lowest BCUT2D eigenvalue weighted by atomic mass is 10.2. The highest BCUT2D eigenvalue weighted by atomic mass is 35.5. The van der Waals surface area contributed by atoms with Crippen LogP contribution in [0, 0.1) is 0 Å². The fraction of sp³-hybridized carbons (Fsp3) is 0.273. The molecule has 3 aromatic heterocycles. The van der Waals surface area contributed by atoms with Crippen LogP contribution in [0.1, 0.15) is 6.42 Å². The van der Waals surface area contributed by atoms with Crippen LogP contribution >= 0.6 is 12.4 Å². The zero-order chi connectivity index (χ0) is 20.5. The lowest BCUT2D eigenvalue weighted by molar-refractivity contribution is 0.167. The van der Waals surface area contributed by atoms with Crippen molar-refractivity contribution in [2.24, 2.45) is 5.16 Å². The quantitative estimate of drug-likeness (QED) is 0.364. The third-order valence-corrected chi connectivity index (χ3v) is 5.42. The number of rotatable bonds is 5. The molecule has 4 heterocycles. The van der Waals surface area contributed by atoms with E-state index in [0.29, 0.717) is 46.7 Å². The van der Waals surface area contributed by atoms with E-state index in [0.717, 1.165) is 25.0 Å². The molecule has 1 aliphatic rings. The highest BCUT2D eigenvalue weighted by molar-refractivity contribution is 5.85. The standard InChI is InChI=1S/C22H22N4O4.ClH/c27-16-5-7-25(13-16)8-9-29-17-3-4-21-18(11-17)19(24-28)12-22(30-21)20-10-15-2-1-6-26(15)14-23-20;/h1-4,6,10-12,14,16,27-28H,5,7-9,13H2;1H/b24-19-;. The molecule has 1 aromatic carbocycles. The van der Waals surface area contributed by atoms with Gasteiger partial charge in [-0.3, -0.25) is 4.90 Å². The molecule has 2 N–H and O–H groups in total. The van der Waals surface area contributed by atoms with Crippen molar-refractivity contribution in [3.63, 3.8) is 0 Å². The van der Waals surface area contributed by atoms with Gasteiger partial charge in [0.1, 0.15) is 29.0 Å².